The number of nitrogens with one attached hydrogen (secondary N) is 1. The van der Waals surface area contributed by atoms with Crippen LogP contribution in [0.25, 0.3) is 6.08 Å². The number of hydrogen-bond donors (Lipinski definition) is 1. The Morgan fingerprint density at radius 1 is 1.30 bits per heavy atom. The summed E-state index contributed by atoms with van der Waals surface area (Å²) in [6.07, 6.45) is 8.24. The van der Waals surface area contributed by atoms with Crippen molar-refractivity contribution in [1.82, 2.24) is 5.32 Å². The van der Waals surface area contributed by atoms with E-state index in [1.54, 1.807) is 0 Å². The lowest BCUT2D eigenvalue weighted by Gasteiger charge is -2.19. The first-order valence-corrected chi connectivity index (χ1v) is 7.31. The second kappa shape index (κ2) is 8.42. The number of benzene rings is 1. The van der Waals surface area contributed by atoms with E-state index in [-0.39, 0.29) is 0 Å². The molecular formula is C19H27N. The Kier molecular flexibility index (Phi) is 6.86. The molecule has 1 atom stereocenters. The third-order valence-corrected chi connectivity index (χ3v) is 3.81. The van der Waals surface area contributed by atoms with Crippen LogP contribution in [-0.4, -0.2) is 7.05 Å². The van der Waals surface area contributed by atoms with Gasteiger partial charge in [-0.1, -0.05) is 49.1 Å². The maximum absolute atomic E-state index is 4.13. The van der Waals surface area contributed by atoms with Gasteiger partial charge in [-0.2, -0.15) is 0 Å². The minimum Gasteiger partial charge on any atom is -0.392 e. The summed E-state index contributed by atoms with van der Waals surface area (Å²) < 4.78 is 0. The van der Waals surface area contributed by atoms with Crippen LogP contribution in [0.4, 0.5) is 0 Å². The molecule has 1 heteroatoms. The van der Waals surface area contributed by atoms with E-state index in [0.29, 0.717) is 5.92 Å². The summed E-state index contributed by atoms with van der Waals surface area (Å²) in [6, 6.07) is 6.56. The molecule has 1 nitrogen and oxygen atoms in total. The first-order chi connectivity index (χ1) is 9.62. The molecule has 0 aliphatic heterocycles. The van der Waals surface area contributed by atoms with Crippen molar-refractivity contribution in [2.45, 2.75) is 32.6 Å². The molecule has 0 fully saturated rings. The number of rotatable bonds is 9. The minimum absolute atomic E-state index is 0.496. The number of hydrogen-bond acceptors (Lipinski definition) is 1. The largest absolute Gasteiger partial charge is 0.392 e. The third kappa shape index (κ3) is 4.73. The highest BCUT2D eigenvalue weighted by Gasteiger charge is 2.12. The van der Waals surface area contributed by atoms with Crippen molar-refractivity contribution in [3.8, 4) is 0 Å². The van der Waals surface area contributed by atoms with Crippen LogP contribution in [0.2, 0.25) is 0 Å². The van der Waals surface area contributed by atoms with E-state index in [1.807, 2.05) is 19.2 Å². The van der Waals surface area contributed by atoms with Gasteiger partial charge in [0.15, 0.2) is 0 Å². The molecule has 0 aliphatic carbocycles. The average molecular weight is 269 g/mol. The lowest BCUT2D eigenvalue weighted by molar-refractivity contribution is 0.500. The fourth-order valence-electron chi connectivity index (χ4n) is 2.50. The SMILES string of the molecule is C=CCCC(CCc1cc(C)ccc1C=C)C(=C)NC. The van der Waals surface area contributed by atoms with Crippen LogP contribution in [0.1, 0.15) is 36.0 Å². The molecule has 0 heterocycles. The summed E-state index contributed by atoms with van der Waals surface area (Å²) >= 11 is 0. The van der Waals surface area contributed by atoms with Gasteiger partial charge in [-0.3, -0.25) is 0 Å². The normalized spacial score (nSPS) is 11.7. The van der Waals surface area contributed by atoms with E-state index in [1.165, 1.54) is 16.7 Å². The minimum atomic E-state index is 0.496. The van der Waals surface area contributed by atoms with Crippen LogP contribution in [0.15, 0.2) is 49.7 Å². The Balaban J connectivity index is 2.75. The maximum atomic E-state index is 4.13. The monoisotopic (exact) mass is 269 g/mol. The van der Waals surface area contributed by atoms with Crippen molar-refractivity contribution in [2.75, 3.05) is 7.05 Å². The van der Waals surface area contributed by atoms with Crippen LogP contribution < -0.4 is 5.32 Å². The summed E-state index contributed by atoms with van der Waals surface area (Å²) in [6.45, 7) is 14.0. The van der Waals surface area contributed by atoms with E-state index < -0.39 is 0 Å². The molecule has 1 aromatic carbocycles. The van der Waals surface area contributed by atoms with Crippen LogP contribution in [-0.2, 0) is 6.42 Å². The molecule has 0 aliphatic rings. The van der Waals surface area contributed by atoms with Gasteiger partial charge in [-0.05, 0) is 49.7 Å². The fourth-order valence-corrected chi connectivity index (χ4v) is 2.50. The van der Waals surface area contributed by atoms with Crippen molar-refractivity contribution >= 4 is 6.08 Å². The number of allylic oxidation sites excluding steroid dienone is 2. The Hall–Kier alpha value is -1.76. The van der Waals surface area contributed by atoms with Crippen molar-refractivity contribution in [3.63, 3.8) is 0 Å². The Labute approximate surface area is 124 Å². The van der Waals surface area contributed by atoms with Gasteiger partial charge >= 0.3 is 0 Å². The second-order valence-corrected chi connectivity index (χ2v) is 5.28. The molecule has 0 aromatic heterocycles. The lowest BCUT2D eigenvalue weighted by Crippen LogP contribution is -2.16. The van der Waals surface area contributed by atoms with E-state index in [0.717, 1.165) is 31.4 Å². The maximum Gasteiger partial charge on any atom is 0.00628 e. The van der Waals surface area contributed by atoms with Crippen molar-refractivity contribution < 1.29 is 0 Å². The Morgan fingerprint density at radius 2 is 2.05 bits per heavy atom. The first kappa shape index (κ1) is 16.3. The number of aryl methyl sites for hydroxylation is 2. The van der Waals surface area contributed by atoms with Crippen molar-refractivity contribution in [2.24, 2.45) is 5.92 Å². The quantitative estimate of drug-likeness (QED) is 0.630. The summed E-state index contributed by atoms with van der Waals surface area (Å²) in [5.74, 6) is 0.496. The molecule has 0 saturated heterocycles. The van der Waals surface area contributed by atoms with E-state index in [2.05, 4.69) is 50.2 Å². The zero-order valence-corrected chi connectivity index (χ0v) is 12.9. The van der Waals surface area contributed by atoms with Gasteiger partial charge in [0.2, 0.25) is 0 Å². The third-order valence-electron chi connectivity index (χ3n) is 3.81. The van der Waals surface area contributed by atoms with Crippen LogP contribution >= 0.6 is 0 Å². The van der Waals surface area contributed by atoms with Gasteiger partial charge in [0.1, 0.15) is 0 Å². The molecule has 0 spiro atoms. The van der Waals surface area contributed by atoms with Gasteiger partial charge in [0, 0.05) is 12.7 Å². The molecule has 1 unspecified atom stereocenters. The molecule has 20 heavy (non-hydrogen) atoms. The van der Waals surface area contributed by atoms with Gasteiger partial charge in [0.25, 0.3) is 0 Å². The molecule has 108 valence electrons. The molecule has 1 aromatic rings. The molecular weight excluding hydrogens is 242 g/mol. The highest BCUT2D eigenvalue weighted by atomic mass is 14.8. The van der Waals surface area contributed by atoms with Crippen molar-refractivity contribution in [1.29, 1.82) is 0 Å². The average Bonchev–Trinajstić information content (AvgIpc) is 2.46. The highest BCUT2D eigenvalue weighted by molar-refractivity contribution is 5.52. The molecule has 0 radical (unpaired) electrons. The predicted octanol–water partition coefficient (Wildman–Crippen LogP) is 4.89. The second-order valence-electron chi connectivity index (χ2n) is 5.28. The highest BCUT2D eigenvalue weighted by Crippen LogP contribution is 2.23. The van der Waals surface area contributed by atoms with Gasteiger partial charge in [-0.25, -0.2) is 0 Å². The standard InChI is InChI=1S/C19H27N/c1-6-8-9-18(16(4)20-5)12-13-19-14-15(3)10-11-17(19)7-2/h6-7,10-11,14,18,20H,1-2,4,8-9,12-13H2,3,5H3. The molecule has 0 amide bonds. The van der Waals surface area contributed by atoms with E-state index >= 15 is 0 Å². The van der Waals surface area contributed by atoms with E-state index in [4.69, 9.17) is 0 Å². The smallest absolute Gasteiger partial charge is 0.00628 e. The summed E-state index contributed by atoms with van der Waals surface area (Å²) in [7, 11) is 1.95. The van der Waals surface area contributed by atoms with Gasteiger partial charge < -0.3 is 5.32 Å². The summed E-state index contributed by atoms with van der Waals surface area (Å²) in [4.78, 5) is 0. The van der Waals surface area contributed by atoms with Gasteiger partial charge in [0.05, 0.1) is 0 Å². The fraction of sp³-hybridized carbons (Fsp3) is 0.368. The molecule has 0 bridgehead atoms. The summed E-state index contributed by atoms with van der Waals surface area (Å²) in [5.41, 5.74) is 5.06. The molecule has 1 rings (SSSR count). The summed E-state index contributed by atoms with van der Waals surface area (Å²) in [5, 5.41) is 3.20. The predicted molar refractivity (Wildman–Crippen MR) is 90.7 cm³/mol. The zero-order valence-electron chi connectivity index (χ0n) is 12.9. The van der Waals surface area contributed by atoms with Crippen molar-refractivity contribution in [3.05, 3.63) is 66.4 Å². The lowest BCUT2D eigenvalue weighted by atomic mass is 9.90. The molecule has 1 N–H and O–H groups in total. The van der Waals surface area contributed by atoms with Crippen LogP contribution in [0.5, 0.6) is 0 Å². The zero-order chi connectivity index (χ0) is 15.0. The van der Waals surface area contributed by atoms with Gasteiger partial charge in [-0.15, -0.1) is 6.58 Å². The van der Waals surface area contributed by atoms with Crippen LogP contribution in [0, 0.1) is 12.8 Å². The van der Waals surface area contributed by atoms with E-state index in [9.17, 15) is 0 Å². The Bertz CT molecular complexity index is 471. The van der Waals surface area contributed by atoms with Crippen LogP contribution in [0.3, 0.4) is 0 Å². The first-order valence-electron chi connectivity index (χ1n) is 7.31. The molecule has 0 saturated carbocycles. The Morgan fingerprint density at radius 3 is 2.65 bits per heavy atom. The topological polar surface area (TPSA) is 12.0 Å².